The van der Waals surface area contributed by atoms with Crippen molar-refractivity contribution in [1.82, 2.24) is 4.90 Å². The highest BCUT2D eigenvalue weighted by atomic mass is 127. The number of carbonyl (C=O) groups excluding carboxylic acids is 2. The lowest BCUT2D eigenvalue weighted by atomic mass is 10.1. The van der Waals surface area contributed by atoms with E-state index < -0.39 is 0 Å². The molecule has 0 N–H and O–H groups in total. The molecule has 3 aromatic rings. The summed E-state index contributed by atoms with van der Waals surface area (Å²) < 4.78 is 12.3. The molecule has 0 unspecified atom stereocenters. The monoisotopic (exact) mass is 616 g/mol. The molecule has 0 saturated carbocycles. The Labute approximate surface area is 225 Å². The van der Waals surface area contributed by atoms with Crippen molar-refractivity contribution in [3.05, 3.63) is 96.4 Å². The number of carbonyl (C=O) groups is 2. The smallest absolute Gasteiger partial charge is 0.293 e. The summed E-state index contributed by atoms with van der Waals surface area (Å²) in [4.78, 5) is 27.0. The van der Waals surface area contributed by atoms with Crippen LogP contribution in [0, 0.1) is 14.9 Å². The van der Waals surface area contributed by atoms with E-state index in [0.717, 1.165) is 26.5 Å². The van der Waals surface area contributed by atoms with Gasteiger partial charge in [-0.15, -0.1) is 0 Å². The van der Waals surface area contributed by atoms with Crippen LogP contribution in [0.15, 0.2) is 65.6 Å². The van der Waals surface area contributed by atoms with E-state index in [4.69, 9.17) is 21.1 Å². The molecule has 1 fully saturated rings. The molecule has 1 heterocycles. The van der Waals surface area contributed by atoms with Crippen LogP contribution in [0.5, 0.6) is 11.5 Å². The summed E-state index contributed by atoms with van der Waals surface area (Å²) in [5.41, 5.74) is 2.83. The molecule has 9 heteroatoms. The van der Waals surface area contributed by atoms with Crippen molar-refractivity contribution >= 4 is 63.2 Å². The van der Waals surface area contributed by atoms with Crippen LogP contribution in [0.25, 0.3) is 6.08 Å². The van der Waals surface area contributed by atoms with Crippen molar-refractivity contribution in [1.29, 1.82) is 5.26 Å². The minimum absolute atomic E-state index is 0.178. The van der Waals surface area contributed by atoms with Gasteiger partial charge in [0.15, 0.2) is 11.5 Å². The number of rotatable bonds is 7. The maximum atomic E-state index is 12.9. The number of ether oxygens (including phenoxy) is 2. The Bertz CT molecular complexity index is 1370. The van der Waals surface area contributed by atoms with E-state index in [1.165, 1.54) is 12.0 Å². The van der Waals surface area contributed by atoms with Crippen molar-refractivity contribution in [2.45, 2.75) is 13.2 Å². The number of benzene rings is 3. The van der Waals surface area contributed by atoms with Gasteiger partial charge in [-0.1, -0.05) is 41.9 Å². The number of nitriles is 1. The van der Waals surface area contributed by atoms with E-state index >= 15 is 0 Å². The third-order valence-electron chi connectivity index (χ3n) is 5.19. The van der Waals surface area contributed by atoms with Gasteiger partial charge in [-0.2, -0.15) is 5.26 Å². The first kappa shape index (κ1) is 25.1. The largest absolute Gasteiger partial charge is 0.493 e. The van der Waals surface area contributed by atoms with Gasteiger partial charge in [0.2, 0.25) is 0 Å². The zero-order valence-electron chi connectivity index (χ0n) is 18.5. The van der Waals surface area contributed by atoms with Crippen molar-refractivity contribution < 1.29 is 19.1 Å². The molecule has 0 spiro atoms. The van der Waals surface area contributed by atoms with Gasteiger partial charge in [-0.3, -0.25) is 14.5 Å². The summed E-state index contributed by atoms with van der Waals surface area (Å²) >= 11 is 8.95. The van der Waals surface area contributed by atoms with Crippen molar-refractivity contribution in [3.8, 4) is 17.6 Å². The summed E-state index contributed by atoms with van der Waals surface area (Å²) in [5, 5.41) is 9.56. The Balaban J connectivity index is 1.54. The lowest BCUT2D eigenvalue weighted by Crippen LogP contribution is -2.27. The highest BCUT2D eigenvalue weighted by Gasteiger charge is 2.35. The van der Waals surface area contributed by atoms with Crippen LogP contribution in [0.3, 0.4) is 0 Å². The van der Waals surface area contributed by atoms with E-state index in [-0.39, 0.29) is 24.3 Å². The lowest BCUT2D eigenvalue weighted by molar-refractivity contribution is -0.123. The molecule has 0 aromatic heterocycles. The molecule has 176 valence electrons. The summed E-state index contributed by atoms with van der Waals surface area (Å²) in [6, 6.07) is 20.0. The van der Waals surface area contributed by atoms with Crippen molar-refractivity contribution in [2.75, 3.05) is 7.11 Å². The average Bonchev–Trinajstić information content (AvgIpc) is 3.11. The molecule has 0 bridgehead atoms. The molecule has 4 rings (SSSR count). The molecule has 0 radical (unpaired) electrons. The third kappa shape index (κ3) is 5.81. The van der Waals surface area contributed by atoms with E-state index in [1.807, 2.05) is 18.2 Å². The van der Waals surface area contributed by atoms with Gasteiger partial charge in [0.1, 0.15) is 6.61 Å². The van der Waals surface area contributed by atoms with E-state index in [9.17, 15) is 14.9 Å². The summed E-state index contributed by atoms with van der Waals surface area (Å²) in [6.45, 7) is 0.385. The normalized spacial score (nSPS) is 14.3. The van der Waals surface area contributed by atoms with Crippen LogP contribution in [0.1, 0.15) is 22.3 Å². The first-order chi connectivity index (χ1) is 16.9. The van der Waals surface area contributed by atoms with Crippen LogP contribution < -0.4 is 9.47 Å². The number of imide groups is 1. The number of methoxy groups -OCH3 is 1. The SMILES string of the molecule is COc1cc(/C=C2\SC(=O)N(Cc3ccc(Cl)cc3)C2=O)cc(I)c1OCc1ccccc1C#N. The van der Waals surface area contributed by atoms with Crippen LogP contribution in [0.4, 0.5) is 4.79 Å². The van der Waals surface area contributed by atoms with Crippen molar-refractivity contribution in [2.24, 2.45) is 0 Å². The fourth-order valence-electron chi connectivity index (χ4n) is 3.43. The zero-order valence-corrected chi connectivity index (χ0v) is 22.2. The molecule has 1 saturated heterocycles. The molecule has 35 heavy (non-hydrogen) atoms. The number of amides is 2. The Hall–Kier alpha value is -3.00. The summed E-state index contributed by atoms with van der Waals surface area (Å²) in [7, 11) is 1.53. The highest BCUT2D eigenvalue weighted by molar-refractivity contribution is 14.1. The van der Waals surface area contributed by atoms with Crippen LogP contribution in [0.2, 0.25) is 5.02 Å². The van der Waals surface area contributed by atoms with Crippen LogP contribution in [-0.4, -0.2) is 23.2 Å². The van der Waals surface area contributed by atoms with Gasteiger partial charge in [-0.25, -0.2) is 0 Å². The highest BCUT2D eigenvalue weighted by Crippen LogP contribution is 2.38. The Kier molecular flexibility index (Phi) is 8.00. The predicted molar refractivity (Wildman–Crippen MR) is 144 cm³/mol. The van der Waals surface area contributed by atoms with Crippen molar-refractivity contribution in [3.63, 3.8) is 0 Å². The maximum absolute atomic E-state index is 12.9. The second kappa shape index (κ2) is 11.2. The predicted octanol–water partition coefficient (Wildman–Crippen LogP) is 6.64. The van der Waals surface area contributed by atoms with Gasteiger partial charge >= 0.3 is 0 Å². The van der Waals surface area contributed by atoms with Gasteiger partial charge in [0.25, 0.3) is 11.1 Å². The minimum Gasteiger partial charge on any atom is -0.493 e. The summed E-state index contributed by atoms with van der Waals surface area (Å²) in [5.74, 6) is 0.671. The second-order valence-corrected chi connectivity index (χ2v) is 10.1. The van der Waals surface area contributed by atoms with Gasteiger partial charge in [0, 0.05) is 10.6 Å². The number of thioether (sulfide) groups is 1. The van der Waals surface area contributed by atoms with Crippen LogP contribution >= 0.6 is 46.0 Å². The maximum Gasteiger partial charge on any atom is 0.293 e. The molecule has 1 aliphatic rings. The molecule has 0 aliphatic carbocycles. The van der Waals surface area contributed by atoms with Gasteiger partial charge in [0.05, 0.1) is 33.8 Å². The fourth-order valence-corrected chi connectivity index (χ4v) is 5.17. The zero-order chi connectivity index (χ0) is 24.9. The number of hydrogen-bond donors (Lipinski definition) is 0. The topological polar surface area (TPSA) is 79.6 Å². The molecule has 3 aromatic carbocycles. The van der Waals surface area contributed by atoms with E-state index in [0.29, 0.717) is 32.6 Å². The first-order valence-electron chi connectivity index (χ1n) is 10.4. The Morgan fingerprint density at radius 2 is 1.89 bits per heavy atom. The fraction of sp³-hybridized carbons (Fsp3) is 0.115. The Morgan fingerprint density at radius 1 is 1.14 bits per heavy atom. The number of nitrogens with zero attached hydrogens (tertiary/aromatic N) is 2. The average molecular weight is 617 g/mol. The number of hydrogen-bond acceptors (Lipinski definition) is 6. The van der Waals surface area contributed by atoms with E-state index in [1.54, 1.807) is 48.5 Å². The Morgan fingerprint density at radius 3 is 2.60 bits per heavy atom. The first-order valence-corrected chi connectivity index (χ1v) is 12.6. The molecule has 0 atom stereocenters. The van der Waals surface area contributed by atoms with Crippen LogP contribution in [-0.2, 0) is 17.9 Å². The molecule has 2 amide bonds. The lowest BCUT2D eigenvalue weighted by Gasteiger charge is -2.14. The van der Waals surface area contributed by atoms with E-state index in [2.05, 4.69) is 28.7 Å². The molecule has 1 aliphatic heterocycles. The quantitative estimate of drug-likeness (QED) is 0.219. The minimum atomic E-state index is -0.350. The third-order valence-corrected chi connectivity index (χ3v) is 7.15. The number of halogens is 2. The van der Waals surface area contributed by atoms with Gasteiger partial charge < -0.3 is 9.47 Å². The molecular formula is C26H18ClIN2O4S. The summed E-state index contributed by atoms with van der Waals surface area (Å²) in [6.07, 6.45) is 1.67. The standard InChI is InChI=1S/C26H18ClIN2O4S/c1-33-22-11-17(10-21(28)24(22)34-15-19-5-3-2-4-18(19)13-29)12-23-25(31)30(26(32)35-23)14-16-6-8-20(27)9-7-16/h2-12H,14-15H2,1H3/b23-12-. The second-order valence-electron chi connectivity index (χ2n) is 7.49. The van der Waals surface area contributed by atoms with Gasteiger partial charge in [-0.05, 0) is 81.9 Å². The molecule has 6 nitrogen and oxygen atoms in total. The molecular weight excluding hydrogens is 599 g/mol.